The van der Waals surface area contributed by atoms with Crippen molar-refractivity contribution >= 4 is 39.7 Å². The van der Waals surface area contributed by atoms with Crippen LogP contribution in [-0.4, -0.2) is 0 Å². The highest BCUT2D eigenvalue weighted by Crippen LogP contribution is 2.51. The van der Waals surface area contributed by atoms with E-state index in [1.807, 2.05) is 0 Å². The first kappa shape index (κ1) is 11.1. The maximum atomic E-state index is 7.26. The van der Waals surface area contributed by atoms with Crippen molar-refractivity contribution in [3.63, 3.8) is 0 Å². The number of halogens is 3. The van der Waals surface area contributed by atoms with Crippen LogP contribution < -0.4 is 0 Å². The Kier molecular flexibility index (Phi) is 14.3. The minimum Gasteiger partial charge on any atom is -0.181 e. The van der Waals surface area contributed by atoms with Crippen LogP contribution in [0, 0.1) is 22.7 Å². The Morgan fingerprint density at radius 1 is 1.00 bits per heavy atom. The van der Waals surface area contributed by atoms with Crippen LogP contribution in [0.5, 0.6) is 0 Å². The Balaban J connectivity index is 0. The van der Waals surface area contributed by atoms with Gasteiger partial charge in [0.1, 0.15) is 0 Å². The van der Waals surface area contributed by atoms with Crippen LogP contribution in [0.4, 0.5) is 0 Å². The maximum absolute atomic E-state index is 7.26. The van der Waals surface area contributed by atoms with Gasteiger partial charge in [-0.05, 0) is 0 Å². The van der Waals surface area contributed by atoms with E-state index in [0.29, 0.717) is 0 Å². The van der Waals surface area contributed by atoms with Crippen molar-refractivity contribution in [1.82, 2.24) is 0 Å². The van der Waals surface area contributed by atoms with E-state index in [2.05, 4.69) is 0 Å². The zero-order valence-corrected chi connectivity index (χ0v) is 6.64. The van der Waals surface area contributed by atoms with Gasteiger partial charge in [0, 0.05) is 0 Å². The molecular weight excluding hydrogens is 189 g/mol. The van der Waals surface area contributed by atoms with Crippen molar-refractivity contribution < 1.29 is 0 Å². The average molecular weight is 189 g/mol. The van der Waals surface area contributed by atoms with E-state index in [1.54, 1.807) is 0 Å². The van der Waals surface area contributed by atoms with Crippen LogP contribution in [-0.2, 0) is 0 Å². The van der Waals surface area contributed by atoms with E-state index < -0.39 is 5.98 Å². The lowest BCUT2D eigenvalue weighted by Gasteiger charge is -1.68. The first-order valence-corrected chi connectivity index (χ1v) is 5.26. The van der Waals surface area contributed by atoms with E-state index in [-0.39, 0.29) is 0 Å². The lowest BCUT2D eigenvalue weighted by atomic mass is 10.9. The molecule has 0 aromatic carbocycles. The smallest absolute Gasteiger partial charge is 0.181 e. The summed E-state index contributed by atoms with van der Waals surface area (Å²) in [5.41, 5.74) is 0. The third-order valence-corrected chi connectivity index (χ3v) is 0.0500. The van der Waals surface area contributed by atoms with Crippen molar-refractivity contribution in [3.05, 3.63) is 0 Å². The molecule has 0 N–H and O–H groups in total. The highest BCUT2D eigenvalue weighted by atomic mass is 36.0. The summed E-state index contributed by atoms with van der Waals surface area (Å²) in [4.78, 5) is 0. The minimum absolute atomic E-state index is 1.20. The summed E-state index contributed by atoms with van der Waals surface area (Å²) in [6.07, 6.45) is 0. The highest BCUT2D eigenvalue weighted by Gasteiger charge is 1.80. The summed E-state index contributed by atoms with van der Waals surface area (Å²) in [5, 5.41) is 14.5. The van der Waals surface area contributed by atoms with Crippen molar-refractivity contribution in [2.75, 3.05) is 0 Å². The summed E-state index contributed by atoms with van der Waals surface area (Å²) < 4.78 is 0. The van der Waals surface area contributed by atoms with Gasteiger partial charge in [-0.1, -0.05) is 33.7 Å². The van der Waals surface area contributed by atoms with Gasteiger partial charge in [0.05, 0.1) is 0 Å². The molecule has 6 heteroatoms. The number of nitriles is 2. The molecule has 0 atom stereocenters. The molecule has 0 rings (SSSR count). The predicted octanol–water partition coefficient (Wildman–Crippen LogP) is 2.96. The molecule has 0 aromatic heterocycles. The van der Waals surface area contributed by atoms with Gasteiger partial charge in [-0.2, -0.15) is 10.5 Å². The largest absolute Gasteiger partial charge is 0.181 e. The zero-order valence-electron chi connectivity index (χ0n) is 3.48. The molecular formula is C2Cl3N2P. The third-order valence-electron chi connectivity index (χ3n) is 0.0500. The van der Waals surface area contributed by atoms with Crippen LogP contribution in [0.15, 0.2) is 0 Å². The Hall–Kier alpha value is 0.280. The number of hydrogen-bond donors (Lipinski definition) is 0. The van der Waals surface area contributed by atoms with Gasteiger partial charge in [0.15, 0.2) is 18.1 Å². The molecule has 0 unspecified atom stereocenters. The summed E-state index contributed by atoms with van der Waals surface area (Å²) in [7, 11) is 0. The van der Waals surface area contributed by atoms with E-state index >= 15 is 0 Å². The summed E-state index contributed by atoms with van der Waals surface area (Å²) in [5.74, 6) is -1.20. The molecule has 0 amide bonds. The number of nitrogens with zero attached hydrogens (tertiary/aromatic N) is 2. The van der Waals surface area contributed by atoms with Crippen LogP contribution in [0.1, 0.15) is 0 Å². The van der Waals surface area contributed by atoms with Gasteiger partial charge in [-0.3, -0.25) is 0 Å². The van der Waals surface area contributed by atoms with Gasteiger partial charge in [-0.15, -0.1) is 0 Å². The van der Waals surface area contributed by atoms with Gasteiger partial charge in [-0.25, -0.2) is 0 Å². The van der Waals surface area contributed by atoms with E-state index in [9.17, 15) is 0 Å². The average Bonchev–Trinajstić information content (AvgIpc) is 1.65. The SMILES string of the molecule is ClP(Cl)Cl.N#CC#N. The van der Waals surface area contributed by atoms with Gasteiger partial charge in [0.25, 0.3) is 0 Å². The van der Waals surface area contributed by atoms with E-state index in [0.717, 1.165) is 0 Å². The van der Waals surface area contributed by atoms with Crippen LogP contribution in [0.2, 0.25) is 0 Å². The minimum atomic E-state index is -1.20. The molecule has 0 spiro atoms. The monoisotopic (exact) mass is 188 g/mol. The highest BCUT2D eigenvalue weighted by molar-refractivity contribution is 8.20. The molecule has 0 aliphatic heterocycles. The van der Waals surface area contributed by atoms with Crippen molar-refractivity contribution in [1.29, 1.82) is 10.5 Å². The first-order valence-electron chi connectivity index (χ1n) is 1.20. The lowest BCUT2D eigenvalue weighted by Crippen LogP contribution is -1.26. The van der Waals surface area contributed by atoms with Crippen LogP contribution >= 0.6 is 39.7 Å². The molecule has 0 aliphatic rings. The zero-order chi connectivity index (χ0) is 6.99. The van der Waals surface area contributed by atoms with Crippen molar-refractivity contribution in [3.8, 4) is 12.1 Å². The third kappa shape index (κ3) is 107. The molecule has 0 aliphatic carbocycles. The van der Waals surface area contributed by atoms with Gasteiger partial charge < -0.3 is 0 Å². The standard InChI is InChI=1S/C2N2.Cl3P/c3-1-2-4;1-4(2)3. The molecule has 44 valence electrons. The fourth-order valence-electron chi connectivity index (χ4n) is 0. The van der Waals surface area contributed by atoms with Gasteiger partial charge >= 0.3 is 0 Å². The van der Waals surface area contributed by atoms with E-state index in [1.165, 1.54) is 12.1 Å². The number of hydrogen-bond acceptors (Lipinski definition) is 2. The summed E-state index contributed by atoms with van der Waals surface area (Å²) >= 11 is 14.6. The second kappa shape index (κ2) is 10.3. The predicted molar refractivity (Wildman–Crippen MR) is 35.7 cm³/mol. The molecule has 0 heterocycles. The normalized spacial score (nSPS) is 5.75. The van der Waals surface area contributed by atoms with Crippen molar-refractivity contribution in [2.24, 2.45) is 0 Å². The quantitative estimate of drug-likeness (QED) is 0.550. The summed E-state index contributed by atoms with van der Waals surface area (Å²) in [6, 6.07) is 2.47. The molecule has 0 aromatic rings. The molecule has 8 heavy (non-hydrogen) atoms. The maximum Gasteiger partial charge on any atom is 0.181 e. The second-order valence-corrected chi connectivity index (χ2v) is 5.40. The molecule has 2 nitrogen and oxygen atoms in total. The van der Waals surface area contributed by atoms with Crippen molar-refractivity contribution in [2.45, 2.75) is 0 Å². The Labute approximate surface area is 62.7 Å². The fraction of sp³-hybridized carbons (Fsp3) is 0. The van der Waals surface area contributed by atoms with Crippen LogP contribution in [0.25, 0.3) is 0 Å². The fourth-order valence-corrected chi connectivity index (χ4v) is 0. The number of rotatable bonds is 0. The molecule has 0 bridgehead atoms. The molecule has 0 saturated carbocycles. The Morgan fingerprint density at radius 3 is 1.12 bits per heavy atom. The van der Waals surface area contributed by atoms with E-state index in [4.69, 9.17) is 44.2 Å². The molecule has 0 fully saturated rings. The van der Waals surface area contributed by atoms with Crippen LogP contribution in [0.3, 0.4) is 0 Å². The summed E-state index contributed by atoms with van der Waals surface area (Å²) in [6.45, 7) is 0. The molecule has 0 saturated heterocycles. The lowest BCUT2D eigenvalue weighted by molar-refractivity contribution is 1.49. The second-order valence-electron chi connectivity index (χ2n) is 0.415. The topological polar surface area (TPSA) is 47.6 Å². The Bertz CT molecular complexity index is 96.7. The molecule has 0 radical (unpaired) electrons. The Morgan fingerprint density at radius 2 is 1.12 bits per heavy atom. The van der Waals surface area contributed by atoms with Gasteiger partial charge in [0.2, 0.25) is 0 Å². The first-order chi connectivity index (χ1) is 3.65.